The van der Waals surface area contributed by atoms with Crippen LogP contribution in [0.4, 0.5) is 5.82 Å². The van der Waals surface area contributed by atoms with Crippen LogP contribution in [-0.4, -0.2) is 104 Å². The molecule has 4 unspecified atom stereocenters. The maximum absolute atomic E-state index is 13.6. The number of carbonyl (C=O) groups is 4. The minimum Gasteiger partial charge on any atom is -0.463 e. The third-order valence-corrected chi connectivity index (χ3v) is 5.52. The monoisotopic (exact) mass is 568 g/mol. The highest BCUT2D eigenvalue weighted by Gasteiger charge is 2.51. The summed E-state index contributed by atoms with van der Waals surface area (Å²) in [5.74, 6) is -2.68. The summed E-state index contributed by atoms with van der Waals surface area (Å²) in [5, 5.41) is 14.2. The number of ether oxygens (including phenoxy) is 4. The fourth-order valence-corrected chi connectivity index (χ4v) is 3.89. The molecule has 0 bridgehead atoms. The predicted molar refractivity (Wildman–Crippen MR) is 135 cm³/mol. The van der Waals surface area contributed by atoms with Crippen molar-refractivity contribution in [1.82, 2.24) is 29.7 Å². The summed E-state index contributed by atoms with van der Waals surface area (Å²) in [4.78, 5) is 62.9. The van der Waals surface area contributed by atoms with Gasteiger partial charge >= 0.3 is 17.9 Å². The Bertz CT molecular complexity index is 1360. The number of nitrogens with two attached hydrogens (primary N) is 1. The zero-order valence-corrected chi connectivity index (χ0v) is 22.6. The van der Waals surface area contributed by atoms with Crippen LogP contribution in [0.5, 0.6) is 0 Å². The number of carbonyl (C=O) groups excluding carboxylic acids is 4. The average Bonchev–Trinajstić information content (AvgIpc) is 3.35. The molecule has 1 aliphatic rings. The van der Waals surface area contributed by atoms with Crippen molar-refractivity contribution >= 4 is 58.0 Å². The summed E-state index contributed by atoms with van der Waals surface area (Å²) in [6.45, 7) is 3.45. The molecule has 0 aromatic carbocycles. The van der Waals surface area contributed by atoms with Gasteiger partial charge in [-0.15, -0.1) is 10.2 Å². The van der Waals surface area contributed by atoms with E-state index < -0.39 is 53.9 Å². The van der Waals surface area contributed by atoms with Gasteiger partial charge < -0.3 is 34.9 Å². The van der Waals surface area contributed by atoms with Crippen LogP contribution in [-0.2, 0) is 38.1 Å². The van der Waals surface area contributed by atoms with E-state index >= 15 is 0 Å². The van der Waals surface area contributed by atoms with Crippen molar-refractivity contribution in [2.24, 2.45) is 5.73 Å². The fourth-order valence-electron chi connectivity index (χ4n) is 3.76. The van der Waals surface area contributed by atoms with E-state index in [0.29, 0.717) is 6.54 Å². The Balaban J connectivity index is 2.08. The van der Waals surface area contributed by atoms with Crippen LogP contribution < -0.4 is 16.6 Å². The molecule has 0 aliphatic carbocycles. The molecular weight excluding hydrogens is 540 g/mol. The summed E-state index contributed by atoms with van der Waals surface area (Å²) in [7, 11) is 3.60. The molecular formula is C21H28N8O9S. The van der Waals surface area contributed by atoms with Gasteiger partial charge in [0.15, 0.2) is 40.4 Å². The molecule has 1 aliphatic heterocycles. The number of aromatic nitrogens is 5. The molecule has 39 heavy (non-hydrogen) atoms. The highest BCUT2D eigenvalue weighted by molar-refractivity contribution is 7.80. The molecule has 18 heteroatoms. The molecule has 0 spiro atoms. The quantitative estimate of drug-likeness (QED) is 0.196. The zero-order valence-electron chi connectivity index (χ0n) is 21.8. The van der Waals surface area contributed by atoms with Crippen LogP contribution in [0.15, 0.2) is 4.79 Å². The van der Waals surface area contributed by atoms with Gasteiger partial charge in [-0.05, 0) is 26.3 Å². The first-order valence-electron chi connectivity index (χ1n) is 11.6. The topological polar surface area (TPSA) is 212 Å². The number of hydrogen-bond acceptors (Lipinski definition) is 14. The number of thiocarbonyl (C=S) groups is 1. The van der Waals surface area contributed by atoms with E-state index in [4.69, 9.17) is 36.9 Å². The molecule has 212 valence electrons. The Hall–Kier alpha value is -4.03. The van der Waals surface area contributed by atoms with Crippen LogP contribution in [0.3, 0.4) is 0 Å². The molecule has 0 radical (unpaired) electrons. The number of hydrogen-bond donors (Lipinski definition) is 2. The second-order valence-corrected chi connectivity index (χ2v) is 9.17. The predicted octanol–water partition coefficient (Wildman–Crippen LogP) is -1.71. The second-order valence-electron chi connectivity index (χ2n) is 8.75. The van der Waals surface area contributed by atoms with Crippen molar-refractivity contribution in [1.29, 1.82) is 0 Å². The van der Waals surface area contributed by atoms with Crippen molar-refractivity contribution in [2.45, 2.75) is 51.7 Å². The Morgan fingerprint density at radius 1 is 1.10 bits per heavy atom. The number of anilines is 1. The summed E-state index contributed by atoms with van der Waals surface area (Å²) < 4.78 is 23.1. The largest absolute Gasteiger partial charge is 0.463 e. The maximum Gasteiger partial charge on any atom is 0.303 e. The normalized spacial score (nSPS) is 20.6. The molecule has 2 aromatic heterocycles. The lowest BCUT2D eigenvalue weighted by Crippen LogP contribution is -2.42. The van der Waals surface area contributed by atoms with Crippen LogP contribution in [0.25, 0.3) is 11.0 Å². The standard InChI is InChI=1S/C21H28N8O9S/c1-9(30)35-8-12-16(36-10(2)31)17(37-11(3)32)20(38-12)29-19(34)15-14(24-26-29)18(25-28(15)21(22)39)23-13(33)6-7-27(4)5/h12,16-17,20H,6-8H2,1-5H3,(H2,22,39)(H,23,25,33). The number of nitrogens with zero attached hydrogens (tertiary/aromatic N) is 6. The van der Waals surface area contributed by atoms with Crippen molar-refractivity contribution in [2.75, 3.05) is 32.6 Å². The summed E-state index contributed by atoms with van der Waals surface area (Å²) in [5.41, 5.74) is 4.52. The van der Waals surface area contributed by atoms with Crippen molar-refractivity contribution < 1.29 is 38.1 Å². The smallest absolute Gasteiger partial charge is 0.303 e. The molecule has 17 nitrogen and oxygen atoms in total. The molecule has 1 amide bonds. The summed E-state index contributed by atoms with van der Waals surface area (Å²) in [6.07, 6.45) is -5.14. The van der Waals surface area contributed by atoms with Crippen LogP contribution in [0.1, 0.15) is 33.4 Å². The van der Waals surface area contributed by atoms with Gasteiger partial charge in [-0.2, -0.15) is 9.36 Å². The van der Waals surface area contributed by atoms with E-state index in [2.05, 4.69) is 20.7 Å². The number of amides is 1. The van der Waals surface area contributed by atoms with Crippen LogP contribution in [0.2, 0.25) is 0 Å². The first-order valence-corrected chi connectivity index (χ1v) is 12.0. The van der Waals surface area contributed by atoms with E-state index in [9.17, 15) is 24.0 Å². The van der Waals surface area contributed by atoms with Gasteiger partial charge in [0, 0.05) is 33.7 Å². The number of nitrogens with one attached hydrogen (secondary N) is 1. The highest BCUT2D eigenvalue weighted by Crippen LogP contribution is 2.33. The molecule has 1 saturated heterocycles. The zero-order chi connectivity index (χ0) is 29.0. The molecule has 2 aromatic rings. The molecule has 0 saturated carbocycles. The number of esters is 3. The van der Waals surface area contributed by atoms with E-state index in [-0.39, 0.29) is 35.0 Å². The van der Waals surface area contributed by atoms with Gasteiger partial charge in [0.2, 0.25) is 5.91 Å². The van der Waals surface area contributed by atoms with E-state index in [1.165, 1.54) is 0 Å². The van der Waals surface area contributed by atoms with Gasteiger partial charge in [0.05, 0.1) is 0 Å². The average molecular weight is 569 g/mol. The van der Waals surface area contributed by atoms with Crippen molar-refractivity contribution in [3.05, 3.63) is 10.4 Å². The molecule has 3 heterocycles. The van der Waals surface area contributed by atoms with Crippen molar-refractivity contribution in [3.63, 3.8) is 0 Å². The van der Waals surface area contributed by atoms with Gasteiger partial charge in [-0.25, -0.2) is 0 Å². The number of rotatable bonds is 9. The lowest BCUT2D eigenvalue weighted by Gasteiger charge is -2.23. The Labute approximate surface area is 226 Å². The Kier molecular flexibility index (Phi) is 9.25. The van der Waals surface area contributed by atoms with E-state index in [1.807, 2.05) is 4.90 Å². The van der Waals surface area contributed by atoms with Crippen molar-refractivity contribution in [3.8, 4) is 0 Å². The fraction of sp³-hybridized carbons (Fsp3) is 0.571. The molecule has 3 rings (SSSR count). The Morgan fingerprint density at radius 3 is 2.31 bits per heavy atom. The van der Waals surface area contributed by atoms with Gasteiger partial charge in [0.25, 0.3) is 5.56 Å². The van der Waals surface area contributed by atoms with Gasteiger partial charge in [0.1, 0.15) is 12.7 Å². The second kappa shape index (κ2) is 12.2. The first-order chi connectivity index (χ1) is 18.3. The minimum absolute atomic E-state index is 0.104. The lowest BCUT2D eigenvalue weighted by atomic mass is 10.1. The molecule has 4 atom stereocenters. The number of fused-ring (bicyclic) bond motifs is 1. The van der Waals surface area contributed by atoms with Crippen LogP contribution >= 0.6 is 12.2 Å². The molecule has 3 N–H and O–H groups in total. The van der Waals surface area contributed by atoms with E-state index in [1.54, 1.807) is 14.1 Å². The highest BCUT2D eigenvalue weighted by atomic mass is 32.1. The van der Waals surface area contributed by atoms with Gasteiger partial charge in [-0.1, -0.05) is 5.21 Å². The van der Waals surface area contributed by atoms with Crippen LogP contribution in [0, 0.1) is 0 Å². The SMILES string of the molecule is CC(=O)OCC1OC(n2nnc3c(NC(=O)CCN(C)C)nn(C(N)=S)c3c2=O)C(OC(C)=O)C1OC(C)=O. The van der Waals surface area contributed by atoms with Gasteiger partial charge in [-0.3, -0.25) is 24.0 Å². The third kappa shape index (κ3) is 6.89. The third-order valence-electron chi connectivity index (χ3n) is 5.35. The summed E-state index contributed by atoms with van der Waals surface area (Å²) >= 11 is 5.02. The lowest BCUT2D eigenvalue weighted by molar-refractivity contribution is -0.166. The Morgan fingerprint density at radius 2 is 1.74 bits per heavy atom. The van der Waals surface area contributed by atoms with E-state index in [0.717, 1.165) is 30.1 Å². The first kappa shape index (κ1) is 29.5. The maximum atomic E-state index is 13.6. The minimum atomic E-state index is -1.48. The molecule has 1 fully saturated rings. The summed E-state index contributed by atoms with van der Waals surface area (Å²) in [6, 6.07) is 0.